The van der Waals surface area contributed by atoms with Gasteiger partial charge in [0.25, 0.3) is 0 Å². The third kappa shape index (κ3) is 6.50. The van der Waals surface area contributed by atoms with Gasteiger partial charge in [0.15, 0.2) is 0 Å². The molecule has 0 saturated carbocycles. The van der Waals surface area contributed by atoms with Gasteiger partial charge in [-0.1, -0.05) is 13.0 Å². The predicted octanol–water partition coefficient (Wildman–Crippen LogP) is 3.45. The average molecular weight is 331 g/mol. The van der Waals surface area contributed by atoms with Gasteiger partial charge in [0.2, 0.25) is 0 Å². The minimum Gasteiger partial charge on any atom is -0.314 e. The van der Waals surface area contributed by atoms with Crippen LogP contribution in [-0.4, -0.2) is 38.1 Å². The molecule has 1 aromatic rings. The van der Waals surface area contributed by atoms with Crippen molar-refractivity contribution in [1.82, 2.24) is 10.2 Å². The largest absolute Gasteiger partial charge is 0.314 e. The highest BCUT2D eigenvalue weighted by Crippen LogP contribution is 2.18. The number of rotatable bonds is 8. The molecule has 0 radical (unpaired) electrons. The molecule has 4 heteroatoms. The van der Waals surface area contributed by atoms with Gasteiger partial charge < -0.3 is 10.2 Å². The van der Waals surface area contributed by atoms with E-state index in [4.69, 9.17) is 0 Å². The van der Waals surface area contributed by atoms with Crippen LogP contribution < -0.4 is 5.32 Å². The molecule has 0 aliphatic rings. The molecular weight excluding hydrogens is 307 g/mol. The van der Waals surface area contributed by atoms with E-state index in [1.807, 2.05) is 12.1 Å². The Morgan fingerprint density at radius 1 is 1.37 bits per heavy atom. The number of halogens is 2. The molecule has 0 aliphatic carbocycles. The quantitative estimate of drug-likeness (QED) is 0.785. The van der Waals surface area contributed by atoms with Gasteiger partial charge in [0.1, 0.15) is 5.82 Å². The van der Waals surface area contributed by atoms with Crippen LogP contribution in [0, 0.1) is 5.82 Å². The van der Waals surface area contributed by atoms with Crippen LogP contribution in [0.5, 0.6) is 0 Å². The molecule has 108 valence electrons. The van der Waals surface area contributed by atoms with Gasteiger partial charge in [-0.3, -0.25) is 0 Å². The molecule has 1 N–H and O–H groups in total. The van der Waals surface area contributed by atoms with E-state index in [9.17, 15) is 4.39 Å². The normalized spacial score (nSPS) is 12.9. The fraction of sp³-hybridized carbons (Fsp3) is 0.600. The molecular formula is C15H24BrFN2. The van der Waals surface area contributed by atoms with Crippen molar-refractivity contribution < 1.29 is 4.39 Å². The van der Waals surface area contributed by atoms with E-state index in [1.54, 1.807) is 0 Å². The van der Waals surface area contributed by atoms with Crippen molar-refractivity contribution in [2.24, 2.45) is 0 Å². The van der Waals surface area contributed by atoms with Gasteiger partial charge in [-0.2, -0.15) is 0 Å². The van der Waals surface area contributed by atoms with Crippen molar-refractivity contribution >= 4 is 15.9 Å². The lowest BCUT2D eigenvalue weighted by atomic mass is 10.0. The lowest BCUT2D eigenvalue weighted by Gasteiger charge is -2.21. The molecule has 0 bridgehead atoms. The minimum atomic E-state index is -0.199. The van der Waals surface area contributed by atoms with Crippen molar-refractivity contribution in [2.75, 3.05) is 27.2 Å². The fourth-order valence-corrected chi connectivity index (χ4v) is 2.42. The molecule has 1 aromatic carbocycles. The highest BCUT2D eigenvalue weighted by atomic mass is 79.9. The van der Waals surface area contributed by atoms with Crippen LogP contribution in [0.2, 0.25) is 0 Å². The zero-order chi connectivity index (χ0) is 14.3. The second kappa shape index (κ2) is 8.67. The maximum atomic E-state index is 13.2. The van der Waals surface area contributed by atoms with Crippen molar-refractivity contribution in [2.45, 2.75) is 32.2 Å². The molecule has 0 spiro atoms. The average Bonchev–Trinajstić information content (AvgIpc) is 2.37. The first-order valence-electron chi connectivity index (χ1n) is 6.85. The van der Waals surface area contributed by atoms with Gasteiger partial charge >= 0.3 is 0 Å². The molecule has 1 unspecified atom stereocenters. The summed E-state index contributed by atoms with van der Waals surface area (Å²) in [7, 11) is 4.18. The minimum absolute atomic E-state index is 0.199. The molecule has 0 amide bonds. The Bertz CT molecular complexity index is 382. The van der Waals surface area contributed by atoms with Crippen molar-refractivity contribution in [1.29, 1.82) is 0 Å². The summed E-state index contributed by atoms with van der Waals surface area (Å²) in [4.78, 5) is 2.20. The standard InChI is InChI=1S/C15H24BrFN2/c1-4-8-18-13(7-9-19(2)3)10-12-5-6-15(17)14(16)11-12/h5-6,11,13,18H,4,7-10H2,1-3H3. The maximum absolute atomic E-state index is 13.2. The van der Waals surface area contributed by atoms with Gasteiger partial charge in [-0.05, 0) is 80.1 Å². The van der Waals surface area contributed by atoms with Crippen LogP contribution in [0.3, 0.4) is 0 Å². The Balaban J connectivity index is 2.61. The first-order valence-corrected chi connectivity index (χ1v) is 7.64. The second-order valence-electron chi connectivity index (χ2n) is 5.20. The maximum Gasteiger partial charge on any atom is 0.137 e. The summed E-state index contributed by atoms with van der Waals surface area (Å²) in [6.45, 7) is 4.26. The smallest absolute Gasteiger partial charge is 0.137 e. The molecule has 0 fully saturated rings. The first kappa shape index (κ1) is 16.6. The van der Waals surface area contributed by atoms with Crippen LogP contribution in [0.4, 0.5) is 4.39 Å². The van der Waals surface area contributed by atoms with E-state index >= 15 is 0 Å². The Labute approximate surface area is 124 Å². The molecule has 0 aliphatic heterocycles. The third-order valence-electron chi connectivity index (χ3n) is 3.07. The van der Waals surface area contributed by atoms with Crippen LogP contribution in [0.1, 0.15) is 25.3 Å². The Morgan fingerprint density at radius 2 is 2.11 bits per heavy atom. The van der Waals surface area contributed by atoms with E-state index in [2.05, 4.69) is 47.2 Å². The molecule has 0 aromatic heterocycles. The summed E-state index contributed by atoms with van der Waals surface area (Å²) in [5, 5.41) is 3.57. The van der Waals surface area contributed by atoms with Crippen LogP contribution in [0.15, 0.2) is 22.7 Å². The van der Waals surface area contributed by atoms with Crippen LogP contribution in [0.25, 0.3) is 0 Å². The van der Waals surface area contributed by atoms with E-state index in [0.29, 0.717) is 10.5 Å². The summed E-state index contributed by atoms with van der Waals surface area (Å²) < 4.78 is 13.8. The molecule has 0 heterocycles. The number of hydrogen-bond acceptors (Lipinski definition) is 2. The zero-order valence-corrected chi connectivity index (χ0v) is 13.6. The monoisotopic (exact) mass is 330 g/mol. The number of hydrogen-bond donors (Lipinski definition) is 1. The molecule has 2 nitrogen and oxygen atoms in total. The predicted molar refractivity (Wildman–Crippen MR) is 83.1 cm³/mol. The van der Waals surface area contributed by atoms with Gasteiger partial charge in [0.05, 0.1) is 4.47 Å². The summed E-state index contributed by atoms with van der Waals surface area (Å²) >= 11 is 3.25. The van der Waals surface area contributed by atoms with E-state index in [-0.39, 0.29) is 5.82 Å². The SMILES string of the molecule is CCCNC(CCN(C)C)Cc1ccc(F)c(Br)c1. The number of nitrogens with one attached hydrogen (secondary N) is 1. The summed E-state index contributed by atoms with van der Waals surface area (Å²) in [6.07, 6.45) is 3.17. The van der Waals surface area contributed by atoms with Crippen LogP contribution in [-0.2, 0) is 6.42 Å². The molecule has 1 atom stereocenters. The molecule has 1 rings (SSSR count). The van der Waals surface area contributed by atoms with E-state index in [0.717, 1.165) is 32.4 Å². The van der Waals surface area contributed by atoms with E-state index < -0.39 is 0 Å². The van der Waals surface area contributed by atoms with Crippen LogP contribution >= 0.6 is 15.9 Å². The first-order chi connectivity index (χ1) is 9.02. The third-order valence-corrected chi connectivity index (χ3v) is 3.68. The number of nitrogens with zero attached hydrogens (tertiary/aromatic N) is 1. The van der Waals surface area contributed by atoms with Gasteiger partial charge in [-0.15, -0.1) is 0 Å². The van der Waals surface area contributed by atoms with Crippen molar-refractivity contribution in [3.63, 3.8) is 0 Å². The highest BCUT2D eigenvalue weighted by molar-refractivity contribution is 9.10. The molecule has 0 saturated heterocycles. The van der Waals surface area contributed by atoms with Gasteiger partial charge in [-0.25, -0.2) is 4.39 Å². The summed E-state index contributed by atoms with van der Waals surface area (Å²) in [5.74, 6) is -0.199. The van der Waals surface area contributed by atoms with E-state index in [1.165, 1.54) is 11.6 Å². The van der Waals surface area contributed by atoms with Crippen molar-refractivity contribution in [3.8, 4) is 0 Å². The summed E-state index contributed by atoms with van der Waals surface area (Å²) in [5.41, 5.74) is 1.17. The molecule has 19 heavy (non-hydrogen) atoms. The fourth-order valence-electron chi connectivity index (χ4n) is 1.99. The topological polar surface area (TPSA) is 15.3 Å². The zero-order valence-electron chi connectivity index (χ0n) is 12.0. The van der Waals surface area contributed by atoms with Crippen molar-refractivity contribution in [3.05, 3.63) is 34.1 Å². The number of benzene rings is 1. The lowest BCUT2D eigenvalue weighted by Crippen LogP contribution is -2.34. The summed E-state index contributed by atoms with van der Waals surface area (Å²) in [6, 6.07) is 5.73. The lowest BCUT2D eigenvalue weighted by molar-refractivity contribution is 0.356. The Hall–Kier alpha value is -0.450. The second-order valence-corrected chi connectivity index (χ2v) is 6.05. The Morgan fingerprint density at radius 3 is 2.68 bits per heavy atom. The highest BCUT2D eigenvalue weighted by Gasteiger charge is 2.10. The Kier molecular flexibility index (Phi) is 7.57. The van der Waals surface area contributed by atoms with Gasteiger partial charge in [0, 0.05) is 6.04 Å².